The van der Waals surface area contributed by atoms with E-state index in [1.165, 1.54) is 38.8 Å². The van der Waals surface area contributed by atoms with Gasteiger partial charge in [-0.05, 0) is 62.7 Å². The maximum absolute atomic E-state index is 8.76. The van der Waals surface area contributed by atoms with Crippen LogP contribution in [0.25, 0.3) is 33.0 Å². The smallest absolute Gasteiger partial charge is 0.120 e. The molecule has 1 aliphatic carbocycles. The quantitative estimate of drug-likeness (QED) is 0.371. The Morgan fingerprint density at radius 2 is 1.47 bits per heavy atom. The molecule has 3 nitrogen and oxygen atoms in total. The Balaban J connectivity index is 1.48. The number of fused-ring (bicyclic) bond motifs is 4. The van der Waals surface area contributed by atoms with Crippen LogP contribution in [-0.4, -0.2) is 31.5 Å². The van der Waals surface area contributed by atoms with Crippen LogP contribution in [0.15, 0.2) is 78.9 Å². The average Bonchev–Trinajstić information content (AvgIpc) is 3.17. The van der Waals surface area contributed by atoms with Crippen LogP contribution in [0.2, 0.25) is 0 Å². The third kappa shape index (κ3) is 3.47. The van der Waals surface area contributed by atoms with Crippen molar-refractivity contribution in [3.8, 4) is 28.0 Å². The van der Waals surface area contributed by atoms with Crippen molar-refractivity contribution in [2.75, 3.05) is 26.4 Å². The molecule has 0 aliphatic heterocycles. The lowest BCUT2D eigenvalue weighted by atomic mass is 9.92. The van der Waals surface area contributed by atoms with Crippen LogP contribution in [0.5, 0.6) is 5.75 Å². The van der Waals surface area contributed by atoms with Gasteiger partial charge in [0, 0.05) is 0 Å². The highest BCUT2D eigenvalue weighted by Gasteiger charge is 2.21. The lowest BCUT2D eigenvalue weighted by Crippen LogP contribution is -2.09. The van der Waals surface area contributed by atoms with Gasteiger partial charge in [-0.15, -0.1) is 0 Å². The van der Waals surface area contributed by atoms with E-state index in [0.717, 1.165) is 17.6 Å². The minimum absolute atomic E-state index is 0.0347. The third-order valence-corrected chi connectivity index (χ3v) is 5.72. The van der Waals surface area contributed by atoms with Crippen molar-refractivity contribution >= 4 is 10.8 Å². The number of aliphatic hydroxyl groups excluding tert-OH is 1. The molecular weight excluding hydrogens is 372 g/mol. The molecule has 0 radical (unpaired) electrons. The van der Waals surface area contributed by atoms with Crippen molar-refractivity contribution in [1.82, 2.24) is 0 Å². The zero-order valence-corrected chi connectivity index (χ0v) is 16.8. The van der Waals surface area contributed by atoms with E-state index >= 15 is 0 Å². The number of hydrogen-bond acceptors (Lipinski definition) is 3. The van der Waals surface area contributed by atoms with E-state index in [4.69, 9.17) is 14.6 Å². The highest BCUT2D eigenvalue weighted by molar-refractivity contribution is 5.99. The molecule has 0 unspecified atom stereocenters. The molecule has 0 amide bonds. The molecule has 0 atom stereocenters. The van der Waals surface area contributed by atoms with Crippen molar-refractivity contribution in [2.45, 2.75) is 6.42 Å². The van der Waals surface area contributed by atoms with E-state index in [1.807, 2.05) is 6.07 Å². The topological polar surface area (TPSA) is 38.7 Å². The predicted octanol–water partition coefficient (Wildman–Crippen LogP) is 5.47. The Morgan fingerprint density at radius 3 is 2.37 bits per heavy atom. The van der Waals surface area contributed by atoms with Gasteiger partial charge in [-0.3, -0.25) is 0 Å². The van der Waals surface area contributed by atoms with Crippen molar-refractivity contribution in [2.24, 2.45) is 0 Å². The minimum Gasteiger partial charge on any atom is -0.491 e. The van der Waals surface area contributed by atoms with Crippen LogP contribution >= 0.6 is 0 Å². The van der Waals surface area contributed by atoms with Crippen LogP contribution in [-0.2, 0) is 11.2 Å². The summed E-state index contributed by atoms with van der Waals surface area (Å²) in [4.78, 5) is 0. The highest BCUT2D eigenvalue weighted by atomic mass is 16.5. The van der Waals surface area contributed by atoms with Crippen molar-refractivity contribution in [3.05, 3.63) is 90.0 Å². The molecule has 0 saturated carbocycles. The van der Waals surface area contributed by atoms with Crippen molar-refractivity contribution < 1.29 is 14.6 Å². The summed E-state index contributed by atoms with van der Waals surface area (Å²) in [6, 6.07) is 28.1. The van der Waals surface area contributed by atoms with Crippen LogP contribution in [0.1, 0.15) is 11.1 Å². The third-order valence-electron chi connectivity index (χ3n) is 5.72. The SMILES string of the molecule is OCCOCCOc1ccc2c(-c3cccc4c3Cc3ccccc3-4)cccc2c1. The fraction of sp³-hybridized carbons (Fsp3) is 0.185. The first-order valence-electron chi connectivity index (χ1n) is 10.4. The molecule has 30 heavy (non-hydrogen) atoms. The van der Waals surface area contributed by atoms with Crippen molar-refractivity contribution in [1.29, 1.82) is 0 Å². The Hall–Kier alpha value is -3.14. The second-order valence-electron chi connectivity index (χ2n) is 7.54. The molecule has 0 aromatic heterocycles. The molecule has 3 heteroatoms. The standard InChI is InChI=1S/C27H24O3/c28-13-14-29-15-16-30-21-11-12-23-19(17-21)6-3-8-24(23)26-10-4-9-25-22-7-2-1-5-20(22)18-27(25)26/h1-12,17,28H,13-16,18H2. The molecule has 0 bridgehead atoms. The fourth-order valence-corrected chi connectivity index (χ4v) is 4.38. The first-order valence-corrected chi connectivity index (χ1v) is 10.4. The van der Waals surface area contributed by atoms with Gasteiger partial charge in [0.15, 0.2) is 0 Å². The molecule has 0 heterocycles. The second kappa shape index (κ2) is 8.31. The largest absolute Gasteiger partial charge is 0.491 e. The van der Waals surface area contributed by atoms with E-state index in [-0.39, 0.29) is 6.61 Å². The normalized spacial score (nSPS) is 12.0. The van der Waals surface area contributed by atoms with E-state index in [2.05, 4.69) is 72.8 Å². The molecule has 4 aromatic rings. The molecule has 0 fully saturated rings. The van der Waals surface area contributed by atoms with E-state index in [9.17, 15) is 0 Å². The summed E-state index contributed by atoms with van der Waals surface area (Å²) in [5.41, 5.74) is 8.08. The maximum Gasteiger partial charge on any atom is 0.120 e. The van der Waals surface area contributed by atoms with E-state index in [0.29, 0.717) is 19.8 Å². The van der Waals surface area contributed by atoms with Gasteiger partial charge in [0.2, 0.25) is 0 Å². The van der Waals surface area contributed by atoms with E-state index < -0.39 is 0 Å². The highest BCUT2D eigenvalue weighted by Crippen LogP contribution is 2.43. The maximum atomic E-state index is 8.76. The van der Waals surface area contributed by atoms with Gasteiger partial charge >= 0.3 is 0 Å². The first kappa shape index (κ1) is 18.9. The number of benzene rings is 4. The minimum atomic E-state index is 0.0347. The van der Waals surface area contributed by atoms with Crippen LogP contribution in [0, 0.1) is 0 Å². The number of hydrogen-bond donors (Lipinski definition) is 1. The van der Waals surface area contributed by atoms with Gasteiger partial charge in [0.1, 0.15) is 12.4 Å². The van der Waals surface area contributed by atoms with Gasteiger partial charge in [-0.25, -0.2) is 0 Å². The van der Waals surface area contributed by atoms with Gasteiger partial charge in [-0.2, -0.15) is 0 Å². The molecule has 150 valence electrons. The first-order chi connectivity index (χ1) is 14.8. The summed E-state index contributed by atoms with van der Waals surface area (Å²) in [6.07, 6.45) is 0.979. The Kier molecular flexibility index (Phi) is 5.22. The molecule has 5 rings (SSSR count). The van der Waals surface area contributed by atoms with Gasteiger partial charge < -0.3 is 14.6 Å². The lowest BCUT2D eigenvalue weighted by Gasteiger charge is -2.13. The number of rotatable bonds is 7. The molecule has 0 spiro atoms. The van der Waals surface area contributed by atoms with Gasteiger partial charge in [-0.1, -0.05) is 66.7 Å². The van der Waals surface area contributed by atoms with E-state index in [1.54, 1.807) is 0 Å². The fourth-order valence-electron chi connectivity index (χ4n) is 4.38. The average molecular weight is 396 g/mol. The summed E-state index contributed by atoms with van der Waals surface area (Å²) < 4.78 is 11.1. The second-order valence-corrected chi connectivity index (χ2v) is 7.54. The molecule has 1 aliphatic rings. The molecule has 4 aromatic carbocycles. The predicted molar refractivity (Wildman–Crippen MR) is 121 cm³/mol. The number of aliphatic hydroxyl groups is 1. The van der Waals surface area contributed by atoms with Crippen LogP contribution in [0.4, 0.5) is 0 Å². The van der Waals surface area contributed by atoms with Gasteiger partial charge in [0.05, 0.1) is 19.8 Å². The summed E-state index contributed by atoms with van der Waals surface area (Å²) in [7, 11) is 0. The number of ether oxygens (including phenoxy) is 2. The van der Waals surface area contributed by atoms with Gasteiger partial charge in [0.25, 0.3) is 0 Å². The summed E-state index contributed by atoms with van der Waals surface area (Å²) in [6.45, 7) is 1.31. The van der Waals surface area contributed by atoms with Crippen LogP contribution in [0.3, 0.4) is 0 Å². The lowest BCUT2D eigenvalue weighted by molar-refractivity contribution is 0.0705. The zero-order valence-electron chi connectivity index (χ0n) is 16.8. The summed E-state index contributed by atoms with van der Waals surface area (Å²) in [5, 5.41) is 11.2. The molecular formula is C27H24O3. The Labute approximate surface area is 176 Å². The monoisotopic (exact) mass is 396 g/mol. The Bertz CT molecular complexity index is 1200. The van der Waals surface area contributed by atoms with Crippen molar-refractivity contribution in [3.63, 3.8) is 0 Å². The Morgan fingerprint density at radius 1 is 0.700 bits per heavy atom. The molecule has 0 saturated heterocycles. The van der Waals surface area contributed by atoms with Crippen LogP contribution < -0.4 is 4.74 Å². The summed E-state index contributed by atoms with van der Waals surface area (Å²) in [5.74, 6) is 0.831. The summed E-state index contributed by atoms with van der Waals surface area (Å²) >= 11 is 0. The molecule has 1 N–H and O–H groups in total. The zero-order chi connectivity index (χ0) is 20.3.